The molecule has 1 aromatic rings. The lowest BCUT2D eigenvalue weighted by Gasteiger charge is -2.57. The smallest absolute Gasteiger partial charge is 0.239 e. The fourth-order valence-corrected chi connectivity index (χ4v) is 29.1. The van der Waals surface area contributed by atoms with Crippen LogP contribution in [0.5, 0.6) is 0 Å². The molecule has 0 spiro atoms. The molecule has 0 saturated heterocycles. The molecule has 3 nitrogen and oxygen atoms in total. The molecule has 0 atom stereocenters. The van der Waals surface area contributed by atoms with Crippen LogP contribution in [0.15, 0.2) is 30.3 Å². The zero-order valence-corrected chi connectivity index (χ0v) is 30.8. The van der Waals surface area contributed by atoms with Crippen molar-refractivity contribution in [3.8, 4) is 0 Å². The Morgan fingerprint density at radius 2 is 0.881 bits per heavy atom. The summed E-state index contributed by atoms with van der Waals surface area (Å²) in [6.07, 6.45) is 26.1. The molecule has 0 bridgehead atoms. The van der Waals surface area contributed by atoms with E-state index in [9.17, 15) is 0 Å². The molecule has 0 amide bonds. The summed E-state index contributed by atoms with van der Waals surface area (Å²) in [6.45, 7) is 11.0. The number of rotatable bonds is 9. The predicted molar refractivity (Wildman–Crippen MR) is 192 cm³/mol. The normalized spacial score (nSPS) is 23.5. The average molecular weight is 631 g/mol. The third-order valence-electron chi connectivity index (χ3n) is 11.3. The second-order valence-corrected chi connectivity index (χ2v) is 28.4. The van der Waals surface area contributed by atoms with E-state index in [0.717, 1.165) is 0 Å². The van der Waals surface area contributed by atoms with Crippen molar-refractivity contribution >= 4 is 32.4 Å². The van der Waals surface area contributed by atoms with Crippen LogP contribution in [0.2, 0.25) is 19.6 Å². The van der Waals surface area contributed by atoms with Crippen molar-refractivity contribution in [3.05, 3.63) is 30.3 Å². The van der Waals surface area contributed by atoms with Crippen LogP contribution in [0.4, 0.5) is 0 Å². The number of hydrogen-bond donors (Lipinski definition) is 0. The highest BCUT2D eigenvalue weighted by Crippen LogP contribution is 2.69. The molecule has 0 N–H and O–H groups in total. The van der Waals surface area contributed by atoms with Crippen molar-refractivity contribution < 1.29 is 4.57 Å². The second kappa shape index (κ2) is 14.5. The third kappa shape index (κ3) is 7.14. The van der Waals surface area contributed by atoms with E-state index >= 15 is 4.57 Å². The lowest BCUT2D eigenvalue weighted by molar-refractivity contribution is 0.121. The fraction of sp³-hybridized carbons (Fsp3) is 0.806. The fourth-order valence-electron chi connectivity index (χ4n) is 9.73. The van der Waals surface area contributed by atoms with Gasteiger partial charge in [0.15, 0.2) is 0 Å². The van der Waals surface area contributed by atoms with Gasteiger partial charge in [-0.25, -0.2) is 9.34 Å². The third-order valence-corrected chi connectivity index (χ3v) is 27.3. The van der Waals surface area contributed by atoms with E-state index in [-0.39, 0.29) is 0 Å². The first-order chi connectivity index (χ1) is 20.1. The van der Waals surface area contributed by atoms with Crippen molar-refractivity contribution in [2.75, 3.05) is 13.3 Å². The van der Waals surface area contributed by atoms with Gasteiger partial charge in [-0.1, -0.05) is 134 Å². The van der Waals surface area contributed by atoms with Gasteiger partial charge in [-0.05, 0) is 70.0 Å². The van der Waals surface area contributed by atoms with E-state index in [1.165, 1.54) is 134 Å². The predicted octanol–water partition coefficient (Wildman–Crippen LogP) is 10.7. The van der Waals surface area contributed by atoms with Crippen LogP contribution in [0, 0.1) is 0 Å². The van der Waals surface area contributed by atoms with Crippen LogP contribution in [-0.4, -0.2) is 59.6 Å². The van der Waals surface area contributed by atoms with Gasteiger partial charge in [-0.2, -0.15) is 0 Å². The zero-order valence-electron chi connectivity index (χ0n) is 28.0. The molecule has 4 aliphatic carbocycles. The summed E-state index contributed by atoms with van der Waals surface area (Å²) in [5.74, 6) is 0. The lowest BCUT2D eigenvalue weighted by Crippen LogP contribution is -2.56. The number of hydrogen-bond acceptors (Lipinski definition) is 1. The number of benzene rings is 1. The van der Waals surface area contributed by atoms with Crippen LogP contribution < -0.4 is 5.30 Å². The minimum absolute atomic E-state index is 0.490. The molecule has 4 aliphatic rings. The molecule has 6 heteroatoms. The van der Waals surface area contributed by atoms with Gasteiger partial charge in [-0.3, -0.25) is 4.57 Å². The molecule has 0 unspecified atom stereocenters. The minimum Gasteiger partial charge on any atom is -0.284 e. The molecule has 4 fully saturated rings. The molecule has 0 heterocycles. The summed E-state index contributed by atoms with van der Waals surface area (Å²) in [6, 6.07) is 13.4. The molecular weight excluding hydrogens is 566 g/mol. The van der Waals surface area contributed by atoms with Gasteiger partial charge in [0, 0.05) is 28.8 Å². The first-order valence-electron chi connectivity index (χ1n) is 18.1. The monoisotopic (exact) mass is 630 g/mol. The molecule has 0 radical (unpaired) electrons. The van der Waals surface area contributed by atoms with Crippen LogP contribution in [-0.2, 0) is 4.57 Å². The summed E-state index contributed by atoms with van der Waals surface area (Å²) >= 11 is 0. The van der Waals surface area contributed by atoms with E-state index in [1.54, 1.807) is 4.66 Å². The Kier molecular flexibility index (Phi) is 11.5. The maximum absolute atomic E-state index is 17.7. The Morgan fingerprint density at radius 3 is 1.17 bits per heavy atom. The lowest BCUT2D eigenvalue weighted by atomic mass is 9.90. The van der Waals surface area contributed by atoms with Crippen LogP contribution in [0.25, 0.3) is 0 Å². The summed E-state index contributed by atoms with van der Waals surface area (Å²) in [5.41, 5.74) is 0. The van der Waals surface area contributed by atoms with Gasteiger partial charge in [-0.15, -0.1) is 0 Å². The summed E-state index contributed by atoms with van der Waals surface area (Å²) in [7, 11) is -5.04. The highest BCUT2D eigenvalue weighted by atomic mass is 31.2. The van der Waals surface area contributed by atoms with Crippen LogP contribution in [0.1, 0.15) is 128 Å². The molecule has 0 aromatic heterocycles. The highest BCUT2D eigenvalue weighted by molar-refractivity contribution is 8.05. The van der Waals surface area contributed by atoms with Crippen molar-refractivity contribution in [1.29, 1.82) is 0 Å². The van der Waals surface area contributed by atoms with E-state index < -0.39 is 22.4 Å². The van der Waals surface area contributed by atoms with Gasteiger partial charge in [0.2, 0.25) is 7.44 Å². The summed E-state index contributed by atoms with van der Waals surface area (Å²) in [5, 5.41) is 1.47. The maximum atomic E-state index is 17.7. The molecule has 4 saturated carbocycles. The van der Waals surface area contributed by atoms with Crippen LogP contribution in [0.3, 0.4) is 0 Å². The molecule has 5 rings (SSSR count). The summed E-state index contributed by atoms with van der Waals surface area (Å²) < 4.78 is 25.1. The van der Waals surface area contributed by atoms with Gasteiger partial charge in [0.1, 0.15) is 0 Å². The average Bonchev–Trinajstić information content (AvgIpc) is 2.99. The first-order valence-corrected chi connectivity index (χ1v) is 25.9. The van der Waals surface area contributed by atoms with E-state index in [2.05, 4.69) is 72.6 Å². The van der Waals surface area contributed by atoms with Crippen molar-refractivity contribution in [2.24, 2.45) is 0 Å². The van der Waals surface area contributed by atoms with Crippen molar-refractivity contribution in [3.63, 3.8) is 0 Å². The molecule has 42 heavy (non-hydrogen) atoms. The Bertz CT molecular complexity index is 1010. The standard InChI is InChI=1S/C36H64N2OP2Si/c1-40(2,35-29-19-10-20-30-35)36(42(3,4)5)41(39,37(31-21-11-6-12-22-31)32-23-13-7-14-24-32)38(33-25-15-8-16-26-33)34-27-17-9-18-28-34/h10,19-20,29-34H,6-9,11-18,21-28H2,1-5H3. The number of nitrogens with zero attached hydrogens (tertiary/aromatic N) is 2. The minimum atomic E-state index is -3.04. The molecule has 0 aliphatic heterocycles. The van der Waals surface area contributed by atoms with Gasteiger partial charge < -0.3 is 0 Å². The van der Waals surface area contributed by atoms with Gasteiger partial charge in [0.25, 0.3) is 0 Å². The SMILES string of the molecule is C[Si](C)(C)C(P(=O)(N(C1CCCCC1)C1CCCCC1)N(C1CCCCC1)C1CCCCC1)=P(C)(C)c1ccccc1. The highest BCUT2D eigenvalue weighted by Gasteiger charge is 2.55. The maximum Gasteiger partial charge on any atom is 0.239 e. The van der Waals surface area contributed by atoms with Gasteiger partial charge in [0.05, 0.1) is 8.07 Å². The van der Waals surface area contributed by atoms with Crippen molar-refractivity contribution in [2.45, 2.75) is 172 Å². The molecule has 238 valence electrons. The van der Waals surface area contributed by atoms with E-state index in [0.29, 0.717) is 24.2 Å². The summed E-state index contributed by atoms with van der Waals surface area (Å²) in [4.78, 5) is 0. The first kappa shape index (κ1) is 33.3. The topological polar surface area (TPSA) is 23.6 Å². The Labute approximate surface area is 261 Å². The Balaban J connectivity index is 1.83. The Hall–Kier alpha value is -0.113. The quantitative estimate of drug-likeness (QED) is 0.200. The van der Waals surface area contributed by atoms with Crippen LogP contribution >= 0.6 is 14.3 Å². The van der Waals surface area contributed by atoms with E-state index in [4.69, 9.17) is 0 Å². The second-order valence-electron chi connectivity index (χ2n) is 15.8. The van der Waals surface area contributed by atoms with E-state index in [1.807, 2.05) is 0 Å². The largest absolute Gasteiger partial charge is 0.284 e. The van der Waals surface area contributed by atoms with Gasteiger partial charge >= 0.3 is 0 Å². The molecule has 1 aromatic carbocycles. The molecular formula is C36H64N2OP2Si. The zero-order chi connectivity index (χ0) is 29.8. The van der Waals surface area contributed by atoms with Crippen molar-refractivity contribution in [1.82, 2.24) is 9.34 Å². The Morgan fingerprint density at radius 1 is 0.571 bits per heavy atom.